The van der Waals surface area contributed by atoms with E-state index < -0.39 is 27.5 Å². The third-order valence-corrected chi connectivity index (χ3v) is 2.72. The van der Waals surface area contributed by atoms with E-state index in [0.717, 1.165) is 6.26 Å². The Morgan fingerprint density at radius 2 is 1.93 bits per heavy atom. The second-order valence-corrected chi connectivity index (χ2v) is 6.37. The summed E-state index contributed by atoms with van der Waals surface area (Å²) in [7, 11) is -3.32. The maximum atomic E-state index is 11.3. The molecule has 0 saturated carbocycles. The van der Waals surface area contributed by atoms with Crippen molar-refractivity contribution in [2.45, 2.75) is 19.9 Å². The van der Waals surface area contributed by atoms with Gasteiger partial charge in [0.15, 0.2) is 9.84 Å². The van der Waals surface area contributed by atoms with Crippen LogP contribution >= 0.6 is 12.2 Å². The number of carbonyl (C=O) groups excluding carboxylic acids is 1. The molecule has 0 radical (unpaired) electrons. The lowest BCUT2D eigenvalue weighted by molar-refractivity contribution is -0.119. The van der Waals surface area contributed by atoms with Crippen molar-refractivity contribution >= 4 is 33.0 Å². The van der Waals surface area contributed by atoms with Gasteiger partial charge in [-0.3, -0.25) is 4.79 Å². The lowest BCUT2D eigenvalue weighted by Crippen LogP contribution is -2.48. The molecule has 5 nitrogen and oxygen atoms in total. The summed E-state index contributed by atoms with van der Waals surface area (Å²) in [5.74, 6) is -1.09. The second kappa shape index (κ2) is 5.41. The Labute approximate surface area is 95.3 Å². The molecule has 1 atom stereocenters. The van der Waals surface area contributed by atoms with Gasteiger partial charge in [0.2, 0.25) is 5.91 Å². The Hall–Kier alpha value is -0.690. The van der Waals surface area contributed by atoms with Crippen molar-refractivity contribution < 1.29 is 13.2 Å². The average molecular weight is 252 g/mol. The molecular formula is C8H16N2O3S2. The quantitative estimate of drug-likeness (QED) is 0.641. The standard InChI is InChI=1S/C8H16N2O3S2/c1-5(2)7(8(9)14)10-6(11)4-15(3,12)13/h5,7H,4H2,1-3H3,(H2,9,14)(H,10,11). The summed E-state index contributed by atoms with van der Waals surface area (Å²) in [6.07, 6.45) is 0.998. The van der Waals surface area contributed by atoms with Crippen LogP contribution in [0.3, 0.4) is 0 Å². The molecule has 0 aromatic carbocycles. The lowest BCUT2D eigenvalue weighted by atomic mass is 10.0. The monoisotopic (exact) mass is 252 g/mol. The van der Waals surface area contributed by atoms with E-state index in [1.165, 1.54) is 0 Å². The summed E-state index contributed by atoms with van der Waals surface area (Å²) in [6, 6.07) is -0.464. The minimum atomic E-state index is -3.32. The molecule has 0 rings (SSSR count). The highest BCUT2D eigenvalue weighted by Crippen LogP contribution is 2.01. The maximum absolute atomic E-state index is 11.3. The van der Waals surface area contributed by atoms with Crippen LogP contribution in [-0.4, -0.2) is 37.4 Å². The zero-order chi connectivity index (χ0) is 12.2. The predicted octanol–water partition coefficient (Wildman–Crippen LogP) is -0.542. The Morgan fingerprint density at radius 1 is 1.47 bits per heavy atom. The van der Waals surface area contributed by atoms with E-state index in [1.54, 1.807) is 0 Å². The lowest BCUT2D eigenvalue weighted by Gasteiger charge is -2.20. The predicted molar refractivity (Wildman–Crippen MR) is 63.3 cm³/mol. The van der Waals surface area contributed by atoms with E-state index in [1.807, 2.05) is 13.8 Å². The topological polar surface area (TPSA) is 89.3 Å². The molecular weight excluding hydrogens is 236 g/mol. The highest BCUT2D eigenvalue weighted by molar-refractivity contribution is 7.91. The van der Waals surface area contributed by atoms with Crippen molar-refractivity contribution in [1.82, 2.24) is 5.32 Å². The highest BCUT2D eigenvalue weighted by Gasteiger charge is 2.20. The number of sulfone groups is 1. The summed E-state index contributed by atoms with van der Waals surface area (Å²) >= 11 is 4.77. The smallest absolute Gasteiger partial charge is 0.235 e. The Bertz CT molecular complexity index is 349. The average Bonchev–Trinajstić information content (AvgIpc) is 1.95. The minimum Gasteiger partial charge on any atom is -0.392 e. The van der Waals surface area contributed by atoms with Gasteiger partial charge in [0.1, 0.15) is 5.75 Å². The van der Waals surface area contributed by atoms with Crippen molar-refractivity contribution in [2.24, 2.45) is 11.7 Å². The number of rotatable bonds is 5. The normalized spacial score (nSPS) is 13.6. The number of hydrogen-bond donors (Lipinski definition) is 2. The van der Waals surface area contributed by atoms with Gasteiger partial charge in [-0.05, 0) is 5.92 Å². The number of nitrogens with one attached hydrogen (secondary N) is 1. The van der Waals surface area contributed by atoms with Crippen molar-refractivity contribution in [3.8, 4) is 0 Å². The molecule has 15 heavy (non-hydrogen) atoms. The van der Waals surface area contributed by atoms with E-state index in [0.29, 0.717) is 0 Å². The molecule has 0 aromatic rings. The number of hydrogen-bond acceptors (Lipinski definition) is 4. The zero-order valence-corrected chi connectivity index (χ0v) is 10.6. The molecule has 0 heterocycles. The van der Waals surface area contributed by atoms with Gasteiger partial charge in [0, 0.05) is 6.26 Å². The maximum Gasteiger partial charge on any atom is 0.235 e. The highest BCUT2D eigenvalue weighted by atomic mass is 32.2. The molecule has 0 aliphatic rings. The largest absolute Gasteiger partial charge is 0.392 e. The Morgan fingerprint density at radius 3 is 2.20 bits per heavy atom. The first-order valence-corrected chi connectivity index (χ1v) is 6.86. The van der Waals surface area contributed by atoms with E-state index in [9.17, 15) is 13.2 Å². The first kappa shape index (κ1) is 14.3. The fourth-order valence-corrected chi connectivity index (χ4v) is 1.91. The van der Waals surface area contributed by atoms with Gasteiger partial charge in [-0.1, -0.05) is 26.1 Å². The van der Waals surface area contributed by atoms with Gasteiger partial charge in [-0.25, -0.2) is 8.42 Å². The molecule has 0 spiro atoms. The zero-order valence-electron chi connectivity index (χ0n) is 8.98. The van der Waals surface area contributed by atoms with Gasteiger partial charge in [0.05, 0.1) is 11.0 Å². The van der Waals surface area contributed by atoms with Gasteiger partial charge in [0.25, 0.3) is 0 Å². The Kier molecular flexibility index (Phi) is 5.16. The van der Waals surface area contributed by atoms with Crippen LogP contribution in [0.4, 0.5) is 0 Å². The SMILES string of the molecule is CC(C)C(NC(=O)CS(C)(=O)=O)C(N)=S. The van der Waals surface area contributed by atoms with Crippen LogP contribution in [0.5, 0.6) is 0 Å². The molecule has 0 aromatic heterocycles. The first-order valence-electron chi connectivity index (χ1n) is 4.40. The fourth-order valence-electron chi connectivity index (χ4n) is 1.02. The van der Waals surface area contributed by atoms with Crippen molar-refractivity contribution in [2.75, 3.05) is 12.0 Å². The van der Waals surface area contributed by atoms with E-state index in [2.05, 4.69) is 5.32 Å². The molecule has 0 aliphatic heterocycles. The van der Waals surface area contributed by atoms with E-state index >= 15 is 0 Å². The third-order valence-electron chi connectivity index (χ3n) is 1.68. The van der Waals surface area contributed by atoms with Gasteiger partial charge < -0.3 is 11.1 Å². The van der Waals surface area contributed by atoms with Crippen LogP contribution < -0.4 is 11.1 Å². The van der Waals surface area contributed by atoms with E-state index in [4.69, 9.17) is 18.0 Å². The third kappa shape index (κ3) is 6.40. The molecule has 0 fully saturated rings. The van der Waals surface area contributed by atoms with Gasteiger partial charge >= 0.3 is 0 Å². The van der Waals surface area contributed by atoms with Crippen LogP contribution in [0.1, 0.15) is 13.8 Å². The number of nitrogens with two attached hydrogens (primary N) is 1. The van der Waals surface area contributed by atoms with Crippen molar-refractivity contribution in [3.63, 3.8) is 0 Å². The summed E-state index contributed by atoms with van der Waals surface area (Å²) < 4.78 is 21.7. The van der Waals surface area contributed by atoms with Crippen molar-refractivity contribution in [1.29, 1.82) is 0 Å². The van der Waals surface area contributed by atoms with Crippen LogP contribution in [0.25, 0.3) is 0 Å². The molecule has 0 aliphatic carbocycles. The minimum absolute atomic E-state index is 0.0333. The van der Waals surface area contributed by atoms with Gasteiger partial charge in [-0.2, -0.15) is 0 Å². The summed E-state index contributed by atoms with van der Waals surface area (Å²) in [5, 5.41) is 2.49. The van der Waals surface area contributed by atoms with Crippen molar-refractivity contribution in [3.05, 3.63) is 0 Å². The summed E-state index contributed by atoms with van der Waals surface area (Å²) in [4.78, 5) is 11.4. The van der Waals surface area contributed by atoms with Crippen LogP contribution in [0.15, 0.2) is 0 Å². The Balaban J connectivity index is 4.44. The van der Waals surface area contributed by atoms with Crippen LogP contribution in [0.2, 0.25) is 0 Å². The summed E-state index contributed by atoms with van der Waals surface area (Å²) in [6.45, 7) is 3.68. The van der Waals surface area contributed by atoms with Crippen LogP contribution in [-0.2, 0) is 14.6 Å². The second-order valence-electron chi connectivity index (χ2n) is 3.76. The van der Waals surface area contributed by atoms with Crippen LogP contribution in [0, 0.1) is 5.92 Å². The van der Waals surface area contributed by atoms with E-state index in [-0.39, 0.29) is 10.9 Å². The molecule has 0 saturated heterocycles. The number of thiocarbonyl (C=S) groups is 1. The molecule has 7 heteroatoms. The molecule has 1 unspecified atom stereocenters. The summed E-state index contributed by atoms with van der Waals surface area (Å²) in [5.41, 5.74) is 5.42. The molecule has 88 valence electrons. The number of carbonyl (C=O) groups is 1. The number of amides is 1. The molecule has 0 bridgehead atoms. The van der Waals surface area contributed by atoms with Gasteiger partial charge in [-0.15, -0.1) is 0 Å². The molecule has 1 amide bonds. The molecule has 3 N–H and O–H groups in total. The fraction of sp³-hybridized carbons (Fsp3) is 0.750. The first-order chi connectivity index (χ1) is 6.63.